The first-order chi connectivity index (χ1) is 12.4. The molecular weight excluding hydrogens is 335 g/mol. The van der Waals surface area contributed by atoms with Crippen molar-refractivity contribution in [2.75, 3.05) is 33.8 Å². The Kier molecular flexibility index (Phi) is 5.38. The standard InChI is InChI=1S/C19H25FN4O2/c1-13-9-14(5-6-16(13)20)19(25)24-7-8-26-17(12-22(2)3)18(24)15-10-21-23(4)11-15/h5-6,9-11,17-18H,7-8,12H2,1-4H3/t17-,18-/m0/s1. The lowest BCUT2D eigenvalue weighted by atomic mass is 9.99. The van der Waals surface area contributed by atoms with E-state index in [-0.39, 0.29) is 23.9 Å². The number of benzene rings is 1. The van der Waals surface area contributed by atoms with Gasteiger partial charge in [-0.15, -0.1) is 0 Å². The van der Waals surface area contributed by atoms with Gasteiger partial charge in [-0.2, -0.15) is 5.10 Å². The second-order valence-corrected chi connectivity index (χ2v) is 7.03. The van der Waals surface area contributed by atoms with Crippen LogP contribution >= 0.6 is 0 Å². The minimum atomic E-state index is -0.308. The molecule has 26 heavy (non-hydrogen) atoms. The average molecular weight is 360 g/mol. The largest absolute Gasteiger partial charge is 0.373 e. The maximum Gasteiger partial charge on any atom is 0.254 e. The molecule has 1 aromatic carbocycles. The molecule has 0 saturated carbocycles. The zero-order chi connectivity index (χ0) is 18.8. The highest BCUT2D eigenvalue weighted by Crippen LogP contribution is 2.31. The Hall–Kier alpha value is -2.25. The first kappa shape index (κ1) is 18.5. The number of aromatic nitrogens is 2. The molecule has 2 aromatic rings. The molecule has 3 rings (SSSR count). The van der Waals surface area contributed by atoms with Gasteiger partial charge in [-0.25, -0.2) is 4.39 Å². The summed E-state index contributed by atoms with van der Waals surface area (Å²) in [6, 6.07) is 4.26. The zero-order valence-corrected chi connectivity index (χ0v) is 15.6. The number of rotatable bonds is 4. The van der Waals surface area contributed by atoms with Crippen LogP contribution in [0.3, 0.4) is 0 Å². The van der Waals surface area contributed by atoms with Crippen molar-refractivity contribution >= 4 is 5.91 Å². The van der Waals surface area contributed by atoms with Crippen molar-refractivity contribution in [1.29, 1.82) is 0 Å². The van der Waals surface area contributed by atoms with E-state index in [1.807, 2.05) is 37.1 Å². The quantitative estimate of drug-likeness (QED) is 0.837. The van der Waals surface area contributed by atoms with Crippen molar-refractivity contribution in [1.82, 2.24) is 19.6 Å². The molecule has 1 saturated heterocycles. The summed E-state index contributed by atoms with van der Waals surface area (Å²) in [6.07, 6.45) is 3.53. The third-order valence-electron chi connectivity index (χ3n) is 4.63. The maximum absolute atomic E-state index is 13.6. The highest BCUT2D eigenvalue weighted by Gasteiger charge is 2.37. The first-order valence-corrected chi connectivity index (χ1v) is 8.69. The van der Waals surface area contributed by atoms with Gasteiger partial charge in [0.1, 0.15) is 5.82 Å². The van der Waals surface area contributed by atoms with E-state index in [0.29, 0.717) is 30.8 Å². The number of likely N-dealkylation sites (N-methyl/N-ethyl adjacent to an activating group) is 1. The molecule has 7 heteroatoms. The number of hydrogen-bond acceptors (Lipinski definition) is 4. The van der Waals surface area contributed by atoms with Gasteiger partial charge in [-0.3, -0.25) is 9.48 Å². The van der Waals surface area contributed by atoms with Crippen LogP contribution in [0.15, 0.2) is 30.6 Å². The molecule has 1 aliphatic heterocycles. The average Bonchev–Trinajstić information content (AvgIpc) is 3.02. The van der Waals surface area contributed by atoms with Crippen LogP contribution in [0.4, 0.5) is 4.39 Å². The minimum absolute atomic E-state index is 0.117. The summed E-state index contributed by atoms with van der Waals surface area (Å²) >= 11 is 0. The highest BCUT2D eigenvalue weighted by atomic mass is 19.1. The van der Waals surface area contributed by atoms with Crippen LogP contribution in [0, 0.1) is 12.7 Å². The SMILES string of the molecule is Cc1cc(C(=O)N2CCO[C@@H](CN(C)C)[C@@H]2c2cnn(C)c2)ccc1F. The van der Waals surface area contributed by atoms with Gasteiger partial charge in [0, 0.05) is 37.5 Å². The summed E-state index contributed by atoms with van der Waals surface area (Å²) in [7, 11) is 5.81. The monoisotopic (exact) mass is 360 g/mol. The Bertz CT molecular complexity index is 790. The fraction of sp³-hybridized carbons (Fsp3) is 0.474. The van der Waals surface area contributed by atoms with Crippen molar-refractivity contribution in [2.45, 2.75) is 19.1 Å². The van der Waals surface area contributed by atoms with Gasteiger partial charge < -0.3 is 14.5 Å². The Labute approximate surface area is 153 Å². The summed E-state index contributed by atoms with van der Waals surface area (Å²) in [5, 5.41) is 4.26. The lowest BCUT2D eigenvalue weighted by Crippen LogP contribution is -2.51. The van der Waals surface area contributed by atoms with Gasteiger partial charge in [0.15, 0.2) is 0 Å². The van der Waals surface area contributed by atoms with Gasteiger partial charge in [-0.1, -0.05) is 0 Å². The lowest BCUT2D eigenvalue weighted by molar-refractivity contribution is -0.0684. The van der Waals surface area contributed by atoms with Gasteiger partial charge in [0.2, 0.25) is 0 Å². The fourth-order valence-corrected chi connectivity index (χ4v) is 3.40. The molecule has 0 radical (unpaired) electrons. The predicted molar refractivity (Wildman–Crippen MR) is 96.4 cm³/mol. The second kappa shape index (κ2) is 7.55. The summed E-state index contributed by atoms with van der Waals surface area (Å²) < 4.78 is 21.3. The molecule has 0 spiro atoms. The van der Waals surface area contributed by atoms with Crippen LogP contribution in [0.1, 0.15) is 27.5 Å². The highest BCUT2D eigenvalue weighted by molar-refractivity contribution is 5.94. The number of amides is 1. The topological polar surface area (TPSA) is 50.6 Å². The van der Waals surface area contributed by atoms with E-state index in [1.165, 1.54) is 6.07 Å². The van der Waals surface area contributed by atoms with Crippen LogP contribution in [0.25, 0.3) is 0 Å². The van der Waals surface area contributed by atoms with Crippen molar-refractivity contribution in [3.8, 4) is 0 Å². The zero-order valence-electron chi connectivity index (χ0n) is 15.6. The van der Waals surface area contributed by atoms with E-state index in [1.54, 1.807) is 29.9 Å². The summed E-state index contributed by atoms with van der Waals surface area (Å²) in [5.74, 6) is -0.424. The molecule has 140 valence electrons. The molecule has 0 N–H and O–H groups in total. The number of aryl methyl sites for hydroxylation is 2. The van der Waals surface area contributed by atoms with Crippen LogP contribution in [0.2, 0.25) is 0 Å². The normalized spacial score (nSPS) is 20.6. The van der Waals surface area contributed by atoms with Crippen LogP contribution < -0.4 is 0 Å². The number of carbonyl (C=O) groups excluding carboxylic acids is 1. The Morgan fingerprint density at radius 3 is 2.81 bits per heavy atom. The Morgan fingerprint density at radius 2 is 2.19 bits per heavy atom. The molecule has 0 aliphatic carbocycles. The molecule has 1 amide bonds. The summed E-state index contributed by atoms with van der Waals surface area (Å²) in [5.41, 5.74) is 1.89. The van der Waals surface area contributed by atoms with E-state index < -0.39 is 0 Å². The van der Waals surface area contributed by atoms with Gasteiger partial charge in [-0.05, 0) is 44.8 Å². The Balaban J connectivity index is 1.96. The number of hydrogen-bond donors (Lipinski definition) is 0. The van der Waals surface area contributed by atoms with E-state index in [4.69, 9.17) is 4.74 Å². The fourth-order valence-electron chi connectivity index (χ4n) is 3.40. The predicted octanol–water partition coefficient (Wildman–Crippen LogP) is 2.01. The first-order valence-electron chi connectivity index (χ1n) is 8.69. The number of nitrogens with zero attached hydrogens (tertiary/aromatic N) is 4. The Morgan fingerprint density at radius 1 is 1.42 bits per heavy atom. The third kappa shape index (κ3) is 3.78. The number of carbonyl (C=O) groups is 1. The molecule has 1 aromatic heterocycles. The van der Waals surface area contributed by atoms with Crippen LogP contribution in [0.5, 0.6) is 0 Å². The van der Waals surface area contributed by atoms with Crippen molar-refractivity contribution in [3.63, 3.8) is 0 Å². The smallest absolute Gasteiger partial charge is 0.254 e. The molecule has 6 nitrogen and oxygen atoms in total. The van der Waals surface area contributed by atoms with Crippen molar-refractivity contribution < 1.29 is 13.9 Å². The van der Waals surface area contributed by atoms with E-state index in [9.17, 15) is 9.18 Å². The van der Waals surface area contributed by atoms with E-state index >= 15 is 0 Å². The van der Waals surface area contributed by atoms with Crippen molar-refractivity contribution in [3.05, 3.63) is 53.1 Å². The molecule has 0 bridgehead atoms. The molecule has 2 atom stereocenters. The molecular formula is C19H25FN4O2. The molecule has 2 heterocycles. The minimum Gasteiger partial charge on any atom is -0.373 e. The van der Waals surface area contributed by atoms with Gasteiger partial charge in [0.05, 0.1) is 24.9 Å². The lowest BCUT2D eigenvalue weighted by Gasteiger charge is -2.41. The van der Waals surface area contributed by atoms with Gasteiger partial charge in [0.25, 0.3) is 5.91 Å². The summed E-state index contributed by atoms with van der Waals surface area (Å²) in [4.78, 5) is 17.1. The van der Waals surface area contributed by atoms with E-state index in [2.05, 4.69) is 5.10 Å². The molecule has 1 aliphatic rings. The van der Waals surface area contributed by atoms with Crippen LogP contribution in [-0.2, 0) is 11.8 Å². The number of halogens is 1. The third-order valence-corrected chi connectivity index (χ3v) is 4.63. The summed E-state index contributed by atoms with van der Waals surface area (Å²) in [6.45, 7) is 3.31. The number of morpholine rings is 1. The van der Waals surface area contributed by atoms with Crippen molar-refractivity contribution in [2.24, 2.45) is 7.05 Å². The van der Waals surface area contributed by atoms with Crippen LogP contribution in [-0.4, -0.2) is 65.4 Å². The van der Waals surface area contributed by atoms with E-state index in [0.717, 1.165) is 5.56 Å². The van der Waals surface area contributed by atoms with Gasteiger partial charge >= 0.3 is 0 Å². The molecule has 0 unspecified atom stereocenters. The number of ether oxygens (including phenoxy) is 1. The second-order valence-electron chi connectivity index (χ2n) is 7.03. The molecule has 1 fully saturated rings. The maximum atomic E-state index is 13.6.